The van der Waals surface area contributed by atoms with Crippen molar-refractivity contribution in [3.63, 3.8) is 0 Å². The van der Waals surface area contributed by atoms with E-state index >= 15 is 0 Å². The van der Waals surface area contributed by atoms with Crippen LogP contribution in [-0.2, 0) is 4.79 Å². The molecule has 1 rings (SSSR count). The molecule has 1 aliphatic carbocycles. The van der Waals surface area contributed by atoms with Gasteiger partial charge in [0.15, 0.2) is 0 Å². The molecule has 2 atom stereocenters. The molecule has 1 saturated carbocycles. The number of allylic oxidation sites excluding steroid dienone is 1. The summed E-state index contributed by atoms with van der Waals surface area (Å²) in [6.07, 6.45) is 13.6. The third-order valence-corrected chi connectivity index (χ3v) is 4.08. The molecule has 0 spiro atoms. The van der Waals surface area contributed by atoms with Gasteiger partial charge in [-0.3, -0.25) is 4.79 Å². The van der Waals surface area contributed by atoms with Crippen LogP contribution in [0.3, 0.4) is 0 Å². The van der Waals surface area contributed by atoms with E-state index in [4.69, 9.17) is 0 Å². The summed E-state index contributed by atoms with van der Waals surface area (Å²) in [5.74, 6) is 1.41. The van der Waals surface area contributed by atoms with Crippen molar-refractivity contribution in [3.8, 4) is 0 Å². The van der Waals surface area contributed by atoms with Crippen molar-refractivity contribution in [2.75, 3.05) is 0 Å². The molecule has 0 aliphatic heterocycles. The molecule has 1 fully saturated rings. The highest BCUT2D eigenvalue weighted by molar-refractivity contribution is 5.81. The largest absolute Gasteiger partial charge is 0.299 e. The minimum Gasteiger partial charge on any atom is -0.299 e. The van der Waals surface area contributed by atoms with Crippen LogP contribution in [0.4, 0.5) is 0 Å². The van der Waals surface area contributed by atoms with Gasteiger partial charge in [-0.1, -0.05) is 45.1 Å². The van der Waals surface area contributed by atoms with Crippen LogP contribution in [-0.4, -0.2) is 5.78 Å². The van der Waals surface area contributed by atoms with E-state index in [1.54, 1.807) is 0 Å². The minimum absolute atomic E-state index is 0.275. The number of rotatable bonds is 5. The van der Waals surface area contributed by atoms with E-state index in [0.29, 0.717) is 11.7 Å². The first-order valence-corrected chi connectivity index (χ1v) is 7.43. The van der Waals surface area contributed by atoms with E-state index in [1.165, 1.54) is 44.9 Å². The minimum atomic E-state index is 0.275. The zero-order chi connectivity index (χ0) is 12.5. The maximum Gasteiger partial charge on any atom is 0.136 e. The molecule has 0 bridgehead atoms. The summed E-state index contributed by atoms with van der Waals surface area (Å²) in [6, 6.07) is 0. The normalized spacial score (nSPS) is 27.0. The van der Waals surface area contributed by atoms with Crippen LogP contribution in [0, 0.1) is 11.8 Å². The van der Waals surface area contributed by atoms with Gasteiger partial charge >= 0.3 is 0 Å². The molecule has 0 saturated heterocycles. The van der Waals surface area contributed by atoms with E-state index in [1.807, 2.05) is 6.08 Å². The Morgan fingerprint density at radius 3 is 2.76 bits per heavy atom. The second-order valence-electron chi connectivity index (χ2n) is 5.45. The Labute approximate surface area is 107 Å². The van der Waals surface area contributed by atoms with Crippen LogP contribution < -0.4 is 0 Å². The van der Waals surface area contributed by atoms with E-state index in [2.05, 4.69) is 13.5 Å². The van der Waals surface area contributed by atoms with Crippen molar-refractivity contribution >= 4 is 5.78 Å². The molecule has 98 valence electrons. The van der Waals surface area contributed by atoms with Gasteiger partial charge in [-0.25, -0.2) is 0 Å². The summed E-state index contributed by atoms with van der Waals surface area (Å²) in [4.78, 5) is 12.2. The zero-order valence-electron chi connectivity index (χ0n) is 11.4. The van der Waals surface area contributed by atoms with Gasteiger partial charge in [0.25, 0.3) is 0 Å². The summed E-state index contributed by atoms with van der Waals surface area (Å²) >= 11 is 0. The standard InChI is InChI=1S/C16H28O/c1-3-5-11-14-12-8-6-7-9-13-16(17)15(14)10-4-2/h4,14-15H,2-3,5-13H2,1H3/t14-,15+/m0/s1. The van der Waals surface area contributed by atoms with Gasteiger partial charge in [0.1, 0.15) is 5.78 Å². The smallest absolute Gasteiger partial charge is 0.136 e. The Morgan fingerprint density at radius 1 is 1.29 bits per heavy atom. The van der Waals surface area contributed by atoms with Gasteiger partial charge < -0.3 is 0 Å². The average Bonchev–Trinajstić information content (AvgIpc) is 2.41. The van der Waals surface area contributed by atoms with E-state index < -0.39 is 0 Å². The number of carbonyl (C=O) groups is 1. The predicted molar refractivity (Wildman–Crippen MR) is 74.0 cm³/mol. The summed E-state index contributed by atoms with van der Waals surface area (Å²) < 4.78 is 0. The van der Waals surface area contributed by atoms with Gasteiger partial charge in [-0.05, 0) is 31.6 Å². The molecule has 0 aromatic carbocycles. The third-order valence-electron chi connectivity index (χ3n) is 4.08. The highest BCUT2D eigenvalue weighted by Crippen LogP contribution is 2.31. The number of hydrogen-bond donors (Lipinski definition) is 0. The van der Waals surface area contributed by atoms with Gasteiger partial charge in [0.2, 0.25) is 0 Å². The number of Topliss-reactive ketones (excluding diaryl/α,β-unsaturated/α-hetero) is 1. The van der Waals surface area contributed by atoms with E-state index in [-0.39, 0.29) is 5.92 Å². The first-order valence-electron chi connectivity index (χ1n) is 7.43. The fourth-order valence-corrected chi connectivity index (χ4v) is 3.02. The number of unbranched alkanes of at least 4 members (excludes halogenated alkanes) is 1. The lowest BCUT2D eigenvalue weighted by Gasteiger charge is -2.24. The van der Waals surface area contributed by atoms with Crippen LogP contribution >= 0.6 is 0 Å². The van der Waals surface area contributed by atoms with Crippen molar-refractivity contribution in [1.29, 1.82) is 0 Å². The number of hydrogen-bond acceptors (Lipinski definition) is 1. The lowest BCUT2D eigenvalue weighted by Crippen LogP contribution is -2.23. The van der Waals surface area contributed by atoms with Gasteiger partial charge in [0.05, 0.1) is 0 Å². The Hall–Kier alpha value is -0.590. The lowest BCUT2D eigenvalue weighted by molar-refractivity contribution is -0.124. The van der Waals surface area contributed by atoms with Crippen molar-refractivity contribution < 1.29 is 4.79 Å². The number of carbonyl (C=O) groups excluding carboxylic acids is 1. The second-order valence-corrected chi connectivity index (χ2v) is 5.45. The molecule has 1 heteroatoms. The van der Waals surface area contributed by atoms with Crippen LogP contribution in [0.2, 0.25) is 0 Å². The predicted octanol–water partition coefficient (Wildman–Crippen LogP) is 4.91. The van der Waals surface area contributed by atoms with Crippen molar-refractivity contribution in [1.82, 2.24) is 0 Å². The fraction of sp³-hybridized carbons (Fsp3) is 0.812. The van der Waals surface area contributed by atoms with Gasteiger partial charge in [-0.2, -0.15) is 0 Å². The van der Waals surface area contributed by atoms with Gasteiger partial charge in [0, 0.05) is 12.3 Å². The molecule has 0 aromatic heterocycles. The molecule has 0 aromatic rings. The molecule has 0 unspecified atom stereocenters. The fourth-order valence-electron chi connectivity index (χ4n) is 3.02. The van der Waals surface area contributed by atoms with Gasteiger partial charge in [-0.15, -0.1) is 6.58 Å². The first kappa shape index (κ1) is 14.5. The summed E-state index contributed by atoms with van der Waals surface area (Å²) in [5, 5.41) is 0. The zero-order valence-corrected chi connectivity index (χ0v) is 11.4. The van der Waals surface area contributed by atoms with Crippen LogP contribution in [0.25, 0.3) is 0 Å². The van der Waals surface area contributed by atoms with Crippen molar-refractivity contribution in [3.05, 3.63) is 12.7 Å². The molecule has 0 amide bonds. The topological polar surface area (TPSA) is 17.1 Å². The molecular formula is C16H28O. The molecule has 0 N–H and O–H groups in total. The van der Waals surface area contributed by atoms with Crippen molar-refractivity contribution in [2.45, 2.75) is 71.1 Å². The third kappa shape index (κ3) is 5.06. The molecule has 17 heavy (non-hydrogen) atoms. The highest BCUT2D eigenvalue weighted by Gasteiger charge is 2.26. The Morgan fingerprint density at radius 2 is 2.06 bits per heavy atom. The molecular weight excluding hydrogens is 208 g/mol. The maximum atomic E-state index is 12.2. The average molecular weight is 236 g/mol. The highest BCUT2D eigenvalue weighted by atomic mass is 16.1. The monoisotopic (exact) mass is 236 g/mol. The maximum absolute atomic E-state index is 12.2. The first-order chi connectivity index (χ1) is 8.29. The van der Waals surface area contributed by atoms with E-state index in [0.717, 1.165) is 19.3 Å². The van der Waals surface area contributed by atoms with Crippen molar-refractivity contribution in [2.24, 2.45) is 11.8 Å². The molecule has 1 aliphatic rings. The summed E-state index contributed by atoms with van der Waals surface area (Å²) in [7, 11) is 0. The SMILES string of the molecule is C=CC[C@H]1C(=O)CCCCCC[C@@H]1CCCC. The Kier molecular flexibility index (Phi) is 7.23. The Balaban J connectivity index is 2.66. The van der Waals surface area contributed by atoms with E-state index in [9.17, 15) is 4.79 Å². The molecule has 0 radical (unpaired) electrons. The van der Waals surface area contributed by atoms with Crippen LogP contribution in [0.1, 0.15) is 71.1 Å². The van der Waals surface area contributed by atoms with Crippen LogP contribution in [0.15, 0.2) is 12.7 Å². The summed E-state index contributed by atoms with van der Waals surface area (Å²) in [6.45, 7) is 6.06. The molecule has 1 nitrogen and oxygen atoms in total. The van der Waals surface area contributed by atoms with Crippen LogP contribution in [0.5, 0.6) is 0 Å². The second kappa shape index (κ2) is 8.49. The quantitative estimate of drug-likeness (QED) is 0.620. The summed E-state index contributed by atoms with van der Waals surface area (Å²) in [5.41, 5.74) is 0. The Bertz CT molecular complexity index is 232. The molecule has 0 heterocycles. The number of ketones is 1. The lowest BCUT2D eigenvalue weighted by atomic mass is 9.79.